The Balaban J connectivity index is 2.37. The number of carboxylic acid groups (broad SMARTS) is 1. The second-order valence-corrected chi connectivity index (χ2v) is 15.9. The highest BCUT2D eigenvalue weighted by Crippen LogP contribution is 2.23. The number of ether oxygens (including phenoxy) is 4. The maximum atomic E-state index is 12.8. The summed E-state index contributed by atoms with van der Waals surface area (Å²) < 4.78 is 21.7. The molecule has 0 amide bonds. The van der Waals surface area contributed by atoms with Gasteiger partial charge in [-0.3, -0.25) is 9.59 Å². The van der Waals surface area contributed by atoms with E-state index in [-0.39, 0.29) is 19.4 Å². The number of aliphatic hydroxyl groups excluding tert-OH is 3. The minimum Gasteiger partial charge on any atom is -0.479 e. The summed E-state index contributed by atoms with van der Waals surface area (Å²) in [6.45, 7) is 3.79. The first kappa shape index (κ1) is 52.7. The number of hydrogen-bond acceptors (Lipinski definition) is 10. The van der Waals surface area contributed by atoms with E-state index in [1.807, 2.05) is 0 Å². The van der Waals surface area contributed by atoms with Crippen LogP contribution >= 0.6 is 0 Å². The number of aliphatic carboxylic acids is 1. The van der Waals surface area contributed by atoms with Crippen LogP contribution in [0.4, 0.5) is 0 Å². The van der Waals surface area contributed by atoms with E-state index in [0.717, 1.165) is 64.2 Å². The molecule has 1 fully saturated rings. The normalized spacial score (nSPS) is 20.3. The predicted octanol–water partition coefficient (Wildman–Crippen LogP) is 9.82. The summed E-state index contributed by atoms with van der Waals surface area (Å²) in [6.07, 6.45) is 30.8. The van der Waals surface area contributed by atoms with Gasteiger partial charge < -0.3 is 39.4 Å². The third-order valence-electron chi connectivity index (χ3n) is 10.6. The Labute approximate surface area is 345 Å². The summed E-state index contributed by atoms with van der Waals surface area (Å²) in [5, 5.41) is 39.8. The summed E-state index contributed by atoms with van der Waals surface area (Å²) in [4.78, 5) is 36.8. The average Bonchev–Trinajstić information content (AvgIpc) is 3.19. The lowest BCUT2D eigenvalue weighted by molar-refractivity contribution is -0.298. The molecule has 57 heavy (non-hydrogen) atoms. The first-order chi connectivity index (χ1) is 27.7. The number of rotatable bonds is 38. The Bertz CT molecular complexity index is 1050. The van der Waals surface area contributed by atoms with Crippen LogP contribution in [0.5, 0.6) is 0 Å². The zero-order valence-electron chi connectivity index (χ0n) is 35.8. The molecule has 0 radical (unpaired) electrons. The quantitative estimate of drug-likeness (QED) is 0.0266. The molecule has 11 heteroatoms. The van der Waals surface area contributed by atoms with Crippen molar-refractivity contribution in [2.75, 3.05) is 13.2 Å². The highest BCUT2D eigenvalue weighted by atomic mass is 16.7. The van der Waals surface area contributed by atoms with Gasteiger partial charge in [0.05, 0.1) is 6.61 Å². The Kier molecular flexibility index (Phi) is 34.0. The Hall–Kier alpha value is -2.31. The lowest BCUT2D eigenvalue weighted by atomic mass is 9.99. The molecule has 1 heterocycles. The van der Waals surface area contributed by atoms with Gasteiger partial charge in [-0.25, -0.2) is 4.79 Å². The van der Waals surface area contributed by atoms with Crippen molar-refractivity contribution >= 4 is 17.9 Å². The van der Waals surface area contributed by atoms with Crippen LogP contribution < -0.4 is 0 Å². The molecule has 1 saturated heterocycles. The van der Waals surface area contributed by atoms with Gasteiger partial charge in [0.1, 0.15) is 24.9 Å². The van der Waals surface area contributed by atoms with E-state index >= 15 is 0 Å². The van der Waals surface area contributed by atoms with Gasteiger partial charge in [0.25, 0.3) is 0 Å². The predicted molar refractivity (Wildman–Crippen MR) is 225 cm³/mol. The molecule has 0 aromatic heterocycles. The molecule has 0 aromatic carbocycles. The van der Waals surface area contributed by atoms with Gasteiger partial charge in [0.15, 0.2) is 18.5 Å². The maximum Gasteiger partial charge on any atom is 0.335 e. The van der Waals surface area contributed by atoms with Gasteiger partial charge in [-0.05, 0) is 44.9 Å². The smallest absolute Gasteiger partial charge is 0.335 e. The van der Waals surface area contributed by atoms with Crippen molar-refractivity contribution in [2.24, 2.45) is 0 Å². The molecule has 1 aliphatic heterocycles. The van der Waals surface area contributed by atoms with Gasteiger partial charge in [-0.15, -0.1) is 0 Å². The molecule has 332 valence electrons. The van der Waals surface area contributed by atoms with Crippen LogP contribution in [-0.4, -0.2) is 88.4 Å². The zero-order chi connectivity index (χ0) is 41.8. The largest absolute Gasteiger partial charge is 0.479 e. The van der Waals surface area contributed by atoms with Crippen molar-refractivity contribution < 1.29 is 53.8 Å². The van der Waals surface area contributed by atoms with Crippen molar-refractivity contribution in [1.82, 2.24) is 0 Å². The van der Waals surface area contributed by atoms with Crippen molar-refractivity contribution in [3.8, 4) is 0 Å². The molecular weight excluding hydrogens is 728 g/mol. The molecule has 0 spiro atoms. The van der Waals surface area contributed by atoms with Crippen molar-refractivity contribution in [1.29, 1.82) is 0 Å². The summed E-state index contributed by atoms with van der Waals surface area (Å²) in [5.41, 5.74) is 0. The van der Waals surface area contributed by atoms with E-state index in [9.17, 15) is 34.8 Å². The second-order valence-electron chi connectivity index (χ2n) is 15.9. The molecule has 6 unspecified atom stereocenters. The lowest BCUT2D eigenvalue weighted by Gasteiger charge is -2.38. The van der Waals surface area contributed by atoms with Gasteiger partial charge in [0, 0.05) is 12.8 Å². The van der Waals surface area contributed by atoms with E-state index in [1.165, 1.54) is 96.3 Å². The van der Waals surface area contributed by atoms with E-state index in [2.05, 4.69) is 38.2 Å². The molecule has 6 atom stereocenters. The fourth-order valence-corrected chi connectivity index (χ4v) is 6.91. The van der Waals surface area contributed by atoms with Crippen LogP contribution in [0.15, 0.2) is 24.3 Å². The summed E-state index contributed by atoms with van der Waals surface area (Å²) in [5.74, 6) is -2.45. The number of esters is 2. The molecule has 0 aliphatic carbocycles. The highest BCUT2D eigenvalue weighted by Gasteiger charge is 2.47. The van der Waals surface area contributed by atoms with Crippen LogP contribution in [0, 0.1) is 0 Å². The average molecular weight is 811 g/mol. The van der Waals surface area contributed by atoms with Gasteiger partial charge in [-0.2, -0.15) is 0 Å². The third kappa shape index (κ3) is 28.7. The van der Waals surface area contributed by atoms with E-state index in [4.69, 9.17) is 18.9 Å². The number of carbonyl (C=O) groups is 3. The summed E-state index contributed by atoms with van der Waals surface area (Å²) >= 11 is 0. The van der Waals surface area contributed by atoms with Crippen LogP contribution in [0.25, 0.3) is 0 Å². The summed E-state index contributed by atoms with van der Waals surface area (Å²) in [6, 6.07) is 0. The molecule has 1 rings (SSSR count). The molecule has 11 nitrogen and oxygen atoms in total. The van der Waals surface area contributed by atoms with E-state index < -0.39 is 61.3 Å². The number of hydrogen-bond donors (Lipinski definition) is 4. The minimum absolute atomic E-state index is 0.184. The molecule has 0 bridgehead atoms. The zero-order valence-corrected chi connectivity index (χ0v) is 35.8. The van der Waals surface area contributed by atoms with E-state index in [1.54, 1.807) is 0 Å². The van der Waals surface area contributed by atoms with Crippen LogP contribution in [0.3, 0.4) is 0 Å². The van der Waals surface area contributed by atoms with Gasteiger partial charge >= 0.3 is 17.9 Å². The number of unbranched alkanes of at least 4 members (excludes halogenated alkanes) is 23. The molecule has 0 saturated carbocycles. The Morgan fingerprint density at radius 1 is 0.544 bits per heavy atom. The molecule has 4 N–H and O–H groups in total. The first-order valence-electron chi connectivity index (χ1n) is 22.9. The van der Waals surface area contributed by atoms with Crippen LogP contribution in [0.2, 0.25) is 0 Å². The van der Waals surface area contributed by atoms with Crippen molar-refractivity contribution in [2.45, 2.75) is 237 Å². The first-order valence-corrected chi connectivity index (χ1v) is 22.9. The molecular formula is C46H82O11. The highest BCUT2D eigenvalue weighted by molar-refractivity contribution is 5.73. The SMILES string of the molecule is CCCCC/C=C\C/C=C\CCCCCCCC(=O)OCC(COC1OC(C(=O)O)C(O)C(O)C1O)OC(=O)CCCCCCCCCCCCCCCCCC. The van der Waals surface area contributed by atoms with Crippen molar-refractivity contribution in [3.05, 3.63) is 24.3 Å². The monoisotopic (exact) mass is 811 g/mol. The standard InChI is InChI=1S/C46H82O11/c1-3-5-7-9-11-13-15-17-19-21-23-25-27-29-31-33-35-40(48)56-38(37-55-46-43(51)41(49)42(50)44(57-46)45(52)53)36-54-39(47)34-32-30-28-26-24-22-20-18-16-14-12-10-8-6-4-2/h12,14,18,20,38,41-44,46,49-51H,3-11,13,15-17,19,21-37H2,1-2H3,(H,52,53)/b14-12-,20-18-. The maximum absolute atomic E-state index is 12.8. The fourth-order valence-electron chi connectivity index (χ4n) is 6.91. The third-order valence-corrected chi connectivity index (χ3v) is 10.6. The second kappa shape index (κ2) is 36.7. The fraction of sp³-hybridized carbons (Fsp3) is 0.848. The molecule has 1 aliphatic rings. The van der Waals surface area contributed by atoms with Gasteiger partial charge in [-0.1, -0.05) is 167 Å². The van der Waals surface area contributed by atoms with Crippen LogP contribution in [-0.2, 0) is 33.3 Å². The lowest BCUT2D eigenvalue weighted by Crippen LogP contribution is -2.60. The number of carbonyl (C=O) groups excluding carboxylic acids is 2. The van der Waals surface area contributed by atoms with Crippen LogP contribution in [0.1, 0.15) is 200 Å². The molecule has 0 aromatic rings. The Morgan fingerprint density at radius 3 is 1.49 bits per heavy atom. The van der Waals surface area contributed by atoms with E-state index in [0.29, 0.717) is 12.8 Å². The summed E-state index contributed by atoms with van der Waals surface area (Å²) in [7, 11) is 0. The number of allylic oxidation sites excluding steroid dienone is 4. The van der Waals surface area contributed by atoms with Gasteiger partial charge in [0.2, 0.25) is 0 Å². The topological polar surface area (TPSA) is 169 Å². The Morgan fingerprint density at radius 2 is 0.982 bits per heavy atom. The minimum atomic E-state index is -1.86. The number of aliphatic hydroxyl groups is 3. The van der Waals surface area contributed by atoms with Crippen molar-refractivity contribution in [3.63, 3.8) is 0 Å². The number of carboxylic acids is 1.